The Morgan fingerprint density at radius 1 is 1.42 bits per heavy atom. The standard InChI is InChI=1S/C13H19ClN2O2.ClH/c1-9(2)8-18-12-5-4-10(6-11(12)14)16-13(17)7-15-3;/h4-6,9,15H,7-8H2,1-3H3,(H,16,17);1H. The van der Waals surface area contributed by atoms with Crippen LogP contribution in [0.2, 0.25) is 5.02 Å². The summed E-state index contributed by atoms with van der Waals surface area (Å²) in [7, 11) is 1.72. The van der Waals surface area contributed by atoms with Gasteiger partial charge in [-0.3, -0.25) is 4.79 Å². The number of nitrogens with one attached hydrogen (secondary N) is 2. The minimum atomic E-state index is -0.107. The van der Waals surface area contributed by atoms with Gasteiger partial charge in [0, 0.05) is 5.69 Å². The van der Waals surface area contributed by atoms with Gasteiger partial charge in [0.1, 0.15) is 5.75 Å². The van der Waals surface area contributed by atoms with E-state index < -0.39 is 0 Å². The van der Waals surface area contributed by atoms with Crippen molar-refractivity contribution in [3.63, 3.8) is 0 Å². The molecule has 0 bridgehead atoms. The lowest BCUT2D eigenvalue weighted by atomic mass is 10.2. The third kappa shape index (κ3) is 6.66. The van der Waals surface area contributed by atoms with Gasteiger partial charge in [-0.15, -0.1) is 12.4 Å². The first-order chi connectivity index (χ1) is 8.52. The van der Waals surface area contributed by atoms with Crippen LogP contribution < -0.4 is 15.4 Å². The average Bonchev–Trinajstić information content (AvgIpc) is 2.28. The Morgan fingerprint density at radius 3 is 2.63 bits per heavy atom. The van der Waals surface area contributed by atoms with Crippen molar-refractivity contribution in [3.8, 4) is 5.75 Å². The normalized spacial score (nSPS) is 9.95. The smallest absolute Gasteiger partial charge is 0.238 e. The molecule has 0 aliphatic rings. The molecule has 0 spiro atoms. The fraction of sp³-hybridized carbons (Fsp3) is 0.462. The zero-order valence-electron chi connectivity index (χ0n) is 11.3. The third-order valence-electron chi connectivity index (χ3n) is 2.13. The molecule has 1 amide bonds. The van der Waals surface area contributed by atoms with Crippen molar-refractivity contribution < 1.29 is 9.53 Å². The predicted octanol–water partition coefficient (Wildman–Crippen LogP) is 2.95. The first-order valence-electron chi connectivity index (χ1n) is 5.89. The number of rotatable bonds is 6. The minimum absolute atomic E-state index is 0. The van der Waals surface area contributed by atoms with E-state index >= 15 is 0 Å². The van der Waals surface area contributed by atoms with E-state index in [2.05, 4.69) is 24.5 Å². The van der Waals surface area contributed by atoms with Crippen LogP contribution in [0.4, 0.5) is 5.69 Å². The van der Waals surface area contributed by atoms with Crippen LogP contribution in [-0.2, 0) is 4.79 Å². The highest BCUT2D eigenvalue weighted by atomic mass is 35.5. The second-order valence-electron chi connectivity index (χ2n) is 4.43. The van der Waals surface area contributed by atoms with Gasteiger partial charge in [0.25, 0.3) is 0 Å². The van der Waals surface area contributed by atoms with Crippen molar-refractivity contribution in [3.05, 3.63) is 23.2 Å². The maximum atomic E-state index is 11.4. The average molecular weight is 307 g/mol. The van der Waals surface area contributed by atoms with Gasteiger partial charge in [0.05, 0.1) is 18.2 Å². The summed E-state index contributed by atoms with van der Waals surface area (Å²) in [5, 5.41) is 6.01. The van der Waals surface area contributed by atoms with E-state index in [0.717, 1.165) is 0 Å². The number of hydrogen-bond acceptors (Lipinski definition) is 3. The Hall–Kier alpha value is -0.970. The topological polar surface area (TPSA) is 50.4 Å². The molecule has 0 fully saturated rings. The van der Waals surface area contributed by atoms with E-state index in [1.807, 2.05) is 0 Å². The van der Waals surface area contributed by atoms with Crippen LogP contribution in [0.15, 0.2) is 18.2 Å². The lowest BCUT2D eigenvalue weighted by molar-refractivity contribution is -0.115. The Morgan fingerprint density at radius 2 is 2.11 bits per heavy atom. The van der Waals surface area contributed by atoms with Gasteiger partial charge in [-0.2, -0.15) is 0 Å². The highest BCUT2D eigenvalue weighted by molar-refractivity contribution is 6.32. The Balaban J connectivity index is 0.00000324. The van der Waals surface area contributed by atoms with Crippen molar-refractivity contribution in [2.24, 2.45) is 5.92 Å². The molecule has 4 nitrogen and oxygen atoms in total. The summed E-state index contributed by atoms with van der Waals surface area (Å²) in [4.78, 5) is 11.4. The van der Waals surface area contributed by atoms with Crippen LogP contribution in [0.3, 0.4) is 0 Å². The molecule has 0 aliphatic carbocycles. The molecule has 0 radical (unpaired) electrons. The number of carbonyl (C=O) groups is 1. The van der Waals surface area contributed by atoms with Crippen LogP contribution in [0.5, 0.6) is 5.75 Å². The molecule has 19 heavy (non-hydrogen) atoms. The van der Waals surface area contributed by atoms with Crippen LogP contribution in [0, 0.1) is 5.92 Å². The number of carbonyl (C=O) groups excluding carboxylic acids is 1. The van der Waals surface area contributed by atoms with Gasteiger partial charge in [-0.1, -0.05) is 25.4 Å². The van der Waals surface area contributed by atoms with Crippen molar-refractivity contribution in [2.75, 3.05) is 25.5 Å². The van der Waals surface area contributed by atoms with Crippen LogP contribution in [-0.4, -0.2) is 26.1 Å². The van der Waals surface area contributed by atoms with Gasteiger partial charge in [-0.05, 0) is 31.2 Å². The number of anilines is 1. The number of benzene rings is 1. The lowest BCUT2D eigenvalue weighted by Crippen LogP contribution is -2.25. The summed E-state index contributed by atoms with van der Waals surface area (Å²) in [5.74, 6) is 0.970. The summed E-state index contributed by atoms with van der Waals surface area (Å²) < 4.78 is 5.55. The summed E-state index contributed by atoms with van der Waals surface area (Å²) in [6.07, 6.45) is 0. The fourth-order valence-corrected chi connectivity index (χ4v) is 1.55. The monoisotopic (exact) mass is 306 g/mol. The number of amides is 1. The third-order valence-corrected chi connectivity index (χ3v) is 2.42. The highest BCUT2D eigenvalue weighted by Crippen LogP contribution is 2.27. The Bertz CT molecular complexity index is 412. The van der Waals surface area contributed by atoms with E-state index in [-0.39, 0.29) is 24.9 Å². The molecule has 6 heteroatoms. The van der Waals surface area contributed by atoms with Crippen LogP contribution in [0.25, 0.3) is 0 Å². The van der Waals surface area contributed by atoms with Gasteiger partial charge in [0.2, 0.25) is 5.91 Å². The van der Waals surface area contributed by atoms with Crippen molar-refractivity contribution in [1.29, 1.82) is 0 Å². The molecule has 0 aromatic heterocycles. The minimum Gasteiger partial charge on any atom is -0.492 e. The highest BCUT2D eigenvalue weighted by Gasteiger charge is 2.06. The van der Waals surface area contributed by atoms with Crippen LogP contribution in [0.1, 0.15) is 13.8 Å². The van der Waals surface area contributed by atoms with E-state index in [1.165, 1.54) is 0 Å². The molecular formula is C13H20Cl2N2O2. The first-order valence-corrected chi connectivity index (χ1v) is 6.27. The zero-order chi connectivity index (χ0) is 13.5. The number of likely N-dealkylation sites (N-methyl/N-ethyl adjacent to an activating group) is 1. The number of ether oxygens (including phenoxy) is 1. The molecule has 0 saturated carbocycles. The quantitative estimate of drug-likeness (QED) is 0.849. The molecule has 0 unspecified atom stereocenters. The second kappa shape index (κ2) is 9.02. The number of halogens is 2. The summed E-state index contributed by atoms with van der Waals surface area (Å²) in [6, 6.07) is 5.22. The van der Waals surface area contributed by atoms with Gasteiger partial charge >= 0.3 is 0 Å². The largest absolute Gasteiger partial charge is 0.492 e. The molecule has 0 aliphatic heterocycles. The molecule has 0 heterocycles. The van der Waals surface area contributed by atoms with Crippen molar-refractivity contribution in [2.45, 2.75) is 13.8 Å². The second-order valence-corrected chi connectivity index (χ2v) is 4.84. The predicted molar refractivity (Wildman–Crippen MR) is 81.6 cm³/mol. The number of hydrogen-bond donors (Lipinski definition) is 2. The molecule has 1 rings (SSSR count). The zero-order valence-corrected chi connectivity index (χ0v) is 12.9. The summed E-state index contributed by atoms with van der Waals surface area (Å²) >= 11 is 6.08. The van der Waals surface area contributed by atoms with Crippen molar-refractivity contribution in [1.82, 2.24) is 5.32 Å². The van der Waals surface area contributed by atoms with Gasteiger partial charge < -0.3 is 15.4 Å². The summed E-state index contributed by atoms with van der Waals surface area (Å²) in [5.41, 5.74) is 0.664. The van der Waals surface area contributed by atoms with Crippen LogP contribution >= 0.6 is 24.0 Å². The maximum Gasteiger partial charge on any atom is 0.238 e. The molecule has 108 valence electrons. The molecular weight excluding hydrogens is 287 g/mol. The summed E-state index contributed by atoms with van der Waals surface area (Å²) in [6.45, 7) is 5.02. The fourth-order valence-electron chi connectivity index (χ4n) is 1.32. The molecule has 0 saturated heterocycles. The maximum absolute atomic E-state index is 11.4. The molecule has 1 aromatic rings. The van der Waals surface area contributed by atoms with E-state index in [4.69, 9.17) is 16.3 Å². The van der Waals surface area contributed by atoms with Gasteiger partial charge in [0.15, 0.2) is 0 Å². The Kier molecular flexibility index (Phi) is 8.56. The lowest BCUT2D eigenvalue weighted by Gasteiger charge is -2.11. The SMILES string of the molecule is CNCC(=O)Nc1ccc(OCC(C)C)c(Cl)c1.Cl. The van der Waals surface area contributed by atoms with E-state index in [0.29, 0.717) is 29.0 Å². The van der Waals surface area contributed by atoms with E-state index in [9.17, 15) is 4.79 Å². The Labute approximate surface area is 125 Å². The van der Waals surface area contributed by atoms with Crippen molar-refractivity contribution >= 4 is 35.6 Å². The van der Waals surface area contributed by atoms with E-state index in [1.54, 1.807) is 25.2 Å². The molecule has 1 aromatic carbocycles. The molecule has 0 atom stereocenters. The molecule has 2 N–H and O–H groups in total. The van der Waals surface area contributed by atoms with Gasteiger partial charge in [-0.25, -0.2) is 0 Å². The first kappa shape index (κ1) is 18.0.